The Balaban J connectivity index is 1.40. The van der Waals surface area contributed by atoms with Gasteiger partial charge in [-0.05, 0) is 64.1 Å². The van der Waals surface area contributed by atoms with E-state index in [4.69, 9.17) is 0 Å². The van der Waals surface area contributed by atoms with Crippen LogP contribution in [0.15, 0.2) is 122 Å². The van der Waals surface area contributed by atoms with E-state index in [0.29, 0.717) is 0 Å². The van der Waals surface area contributed by atoms with Crippen LogP contribution in [0.25, 0.3) is 11.1 Å². The Kier molecular flexibility index (Phi) is 5.29. The van der Waals surface area contributed by atoms with E-state index in [1.54, 1.807) is 0 Å². The van der Waals surface area contributed by atoms with Gasteiger partial charge in [0, 0.05) is 50.3 Å². The SMILES string of the molecule is CN1C=CN(c2cccc(CC3(c4cccc(N5C=CN(C)C5)c4)c4ccccc4-c4ccccc43)c2)C1. The lowest BCUT2D eigenvalue weighted by molar-refractivity contribution is 0.495. The molecule has 0 radical (unpaired) electrons. The zero-order chi connectivity index (χ0) is 25.7. The molecule has 0 saturated heterocycles. The molecule has 4 heteroatoms. The monoisotopic (exact) mass is 496 g/mol. The summed E-state index contributed by atoms with van der Waals surface area (Å²) in [4.78, 5) is 9.04. The molecule has 0 saturated carbocycles. The van der Waals surface area contributed by atoms with Crippen molar-refractivity contribution in [1.29, 1.82) is 0 Å². The van der Waals surface area contributed by atoms with Gasteiger partial charge < -0.3 is 19.6 Å². The molecule has 0 unspecified atom stereocenters. The molecule has 0 aromatic heterocycles. The molecule has 0 bridgehead atoms. The number of hydrogen-bond donors (Lipinski definition) is 0. The van der Waals surface area contributed by atoms with Gasteiger partial charge in [-0.15, -0.1) is 0 Å². The average Bonchev–Trinajstić information content (AvgIpc) is 3.66. The maximum atomic E-state index is 2.41. The van der Waals surface area contributed by atoms with Gasteiger partial charge in [-0.3, -0.25) is 0 Å². The van der Waals surface area contributed by atoms with Crippen molar-refractivity contribution in [3.63, 3.8) is 0 Å². The molecule has 4 aromatic carbocycles. The number of anilines is 2. The van der Waals surface area contributed by atoms with Gasteiger partial charge in [0.1, 0.15) is 0 Å². The van der Waals surface area contributed by atoms with Crippen LogP contribution >= 0.6 is 0 Å². The molecular formula is C34H32N4. The Hall–Kier alpha value is -4.44. The van der Waals surface area contributed by atoms with Gasteiger partial charge in [-0.25, -0.2) is 0 Å². The molecule has 3 aliphatic rings. The number of benzene rings is 4. The smallest absolute Gasteiger partial charge is 0.0938 e. The summed E-state index contributed by atoms with van der Waals surface area (Å²) in [6, 6.07) is 36.3. The third-order valence-corrected chi connectivity index (χ3v) is 8.20. The van der Waals surface area contributed by atoms with Gasteiger partial charge >= 0.3 is 0 Å². The number of nitrogens with zero attached hydrogens (tertiary/aromatic N) is 4. The van der Waals surface area contributed by atoms with Crippen molar-refractivity contribution in [3.05, 3.63) is 144 Å². The minimum Gasteiger partial charge on any atom is -0.361 e. The highest BCUT2D eigenvalue weighted by molar-refractivity contribution is 5.84. The van der Waals surface area contributed by atoms with E-state index in [1.807, 2.05) is 0 Å². The van der Waals surface area contributed by atoms with Gasteiger partial charge in [0.15, 0.2) is 0 Å². The molecule has 7 rings (SSSR count). The Bertz CT molecular complexity index is 1520. The van der Waals surface area contributed by atoms with Crippen LogP contribution in [-0.4, -0.2) is 37.2 Å². The summed E-state index contributed by atoms with van der Waals surface area (Å²) >= 11 is 0. The topological polar surface area (TPSA) is 13.0 Å². The minimum atomic E-state index is -0.283. The van der Waals surface area contributed by atoms with Crippen molar-refractivity contribution < 1.29 is 0 Å². The van der Waals surface area contributed by atoms with Crippen LogP contribution in [0.2, 0.25) is 0 Å². The maximum absolute atomic E-state index is 2.41. The first kappa shape index (κ1) is 22.7. The quantitative estimate of drug-likeness (QED) is 0.308. The lowest BCUT2D eigenvalue weighted by Gasteiger charge is -2.34. The highest BCUT2D eigenvalue weighted by Crippen LogP contribution is 2.54. The number of hydrogen-bond acceptors (Lipinski definition) is 4. The average molecular weight is 497 g/mol. The van der Waals surface area contributed by atoms with Crippen molar-refractivity contribution in [2.45, 2.75) is 11.8 Å². The van der Waals surface area contributed by atoms with Crippen LogP contribution < -0.4 is 9.80 Å². The van der Waals surface area contributed by atoms with E-state index in [9.17, 15) is 0 Å². The minimum absolute atomic E-state index is 0.283. The fraction of sp³-hybridized carbons (Fsp3) is 0.176. The zero-order valence-electron chi connectivity index (χ0n) is 22.0. The van der Waals surface area contributed by atoms with Crippen LogP contribution in [0, 0.1) is 0 Å². The second kappa shape index (κ2) is 8.84. The summed E-state index contributed by atoms with van der Waals surface area (Å²) in [5.41, 5.74) is 10.3. The molecule has 2 aliphatic heterocycles. The summed E-state index contributed by atoms with van der Waals surface area (Å²) in [5, 5.41) is 0. The first-order chi connectivity index (χ1) is 18.6. The molecule has 0 N–H and O–H groups in total. The predicted molar refractivity (Wildman–Crippen MR) is 157 cm³/mol. The Morgan fingerprint density at radius 3 is 1.71 bits per heavy atom. The second-order valence-electron chi connectivity index (χ2n) is 10.7. The molecule has 188 valence electrons. The number of rotatable bonds is 5. The third-order valence-electron chi connectivity index (χ3n) is 8.20. The van der Waals surface area contributed by atoms with Crippen LogP contribution in [0.4, 0.5) is 11.4 Å². The van der Waals surface area contributed by atoms with Gasteiger partial charge in [-0.1, -0.05) is 72.8 Å². The fourth-order valence-corrected chi connectivity index (χ4v) is 6.42. The van der Waals surface area contributed by atoms with Crippen molar-refractivity contribution in [2.75, 3.05) is 37.2 Å². The van der Waals surface area contributed by atoms with E-state index in [2.05, 4.69) is 156 Å². The summed E-state index contributed by atoms with van der Waals surface area (Å²) in [6.45, 7) is 1.74. The van der Waals surface area contributed by atoms with Crippen molar-refractivity contribution in [2.24, 2.45) is 0 Å². The van der Waals surface area contributed by atoms with Crippen LogP contribution in [0.5, 0.6) is 0 Å². The fourth-order valence-electron chi connectivity index (χ4n) is 6.42. The van der Waals surface area contributed by atoms with Gasteiger partial charge in [0.25, 0.3) is 0 Å². The third kappa shape index (κ3) is 3.59. The molecule has 2 heterocycles. The molecule has 0 spiro atoms. The van der Waals surface area contributed by atoms with E-state index < -0.39 is 0 Å². The molecule has 0 atom stereocenters. The summed E-state index contributed by atoms with van der Waals surface area (Å²) < 4.78 is 0. The standard InChI is InChI=1S/C34H32N4/c1-35-17-19-37(24-35)28-11-7-9-26(21-28)23-34(27-10-8-12-29(22-27)38-20-18-36(2)25-38)32-15-5-3-13-30(32)31-14-4-6-16-33(31)34/h3-22H,23-25H2,1-2H3. The van der Waals surface area contributed by atoms with Crippen molar-refractivity contribution in [3.8, 4) is 11.1 Å². The highest BCUT2D eigenvalue weighted by atomic mass is 15.3. The normalized spacial score (nSPS) is 16.9. The second-order valence-corrected chi connectivity index (χ2v) is 10.7. The van der Waals surface area contributed by atoms with E-state index in [-0.39, 0.29) is 5.41 Å². The predicted octanol–water partition coefficient (Wildman–Crippen LogP) is 6.61. The van der Waals surface area contributed by atoms with Crippen LogP contribution in [0.3, 0.4) is 0 Å². The Labute approximate surface area is 225 Å². The zero-order valence-corrected chi connectivity index (χ0v) is 22.0. The lowest BCUT2D eigenvalue weighted by Crippen LogP contribution is -2.30. The molecule has 1 aliphatic carbocycles. The van der Waals surface area contributed by atoms with Crippen LogP contribution in [0.1, 0.15) is 22.3 Å². The van der Waals surface area contributed by atoms with E-state index in [0.717, 1.165) is 19.8 Å². The van der Waals surface area contributed by atoms with Crippen molar-refractivity contribution >= 4 is 11.4 Å². The molecular weight excluding hydrogens is 464 g/mol. The maximum Gasteiger partial charge on any atom is 0.0938 e. The highest BCUT2D eigenvalue weighted by Gasteiger charge is 2.44. The summed E-state index contributed by atoms with van der Waals surface area (Å²) in [5.74, 6) is 0. The summed E-state index contributed by atoms with van der Waals surface area (Å²) in [6.07, 6.45) is 9.50. The largest absolute Gasteiger partial charge is 0.361 e. The van der Waals surface area contributed by atoms with Gasteiger partial charge in [0.2, 0.25) is 0 Å². The van der Waals surface area contributed by atoms with Gasteiger partial charge in [0.05, 0.1) is 18.8 Å². The molecule has 4 nitrogen and oxygen atoms in total. The van der Waals surface area contributed by atoms with Crippen LogP contribution in [-0.2, 0) is 11.8 Å². The van der Waals surface area contributed by atoms with Gasteiger partial charge in [-0.2, -0.15) is 0 Å². The molecule has 0 fully saturated rings. The van der Waals surface area contributed by atoms with E-state index >= 15 is 0 Å². The Morgan fingerprint density at radius 2 is 1.13 bits per heavy atom. The first-order valence-electron chi connectivity index (χ1n) is 13.3. The first-order valence-corrected chi connectivity index (χ1v) is 13.3. The summed E-state index contributed by atoms with van der Waals surface area (Å²) in [7, 11) is 4.23. The number of fused-ring (bicyclic) bond motifs is 3. The van der Waals surface area contributed by atoms with E-state index in [1.165, 1.54) is 44.8 Å². The Morgan fingerprint density at radius 1 is 0.579 bits per heavy atom. The molecule has 38 heavy (non-hydrogen) atoms. The lowest BCUT2D eigenvalue weighted by atomic mass is 9.68. The van der Waals surface area contributed by atoms with Crippen molar-refractivity contribution in [1.82, 2.24) is 9.80 Å². The molecule has 0 amide bonds. The molecule has 4 aromatic rings.